The summed E-state index contributed by atoms with van der Waals surface area (Å²) in [6.45, 7) is 11.5. The van der Waals surface area contributed by atoms with E-state index in [0.29, 0.717) is 25.6 Å². The molecule has 38 heavy (non-hydrogen) atoms. The van der Waals surface area contributed by atoms with E-state index < -0.39 is 6.10 Å². The maximum atomic E-state index is 9.95. The lowest BCUT2D eigenvalue weighted by Crippen LogP contribution is -2.42. The first kappa shape index (κ1) is 28.4. The standard InChI is InChI=1S/C13H24N4O3S.C11H10BrN5/c1-13(2,3)14-8-10(18)9-20-12-11(15-21-16-12)17-4-6-19-7-5-17;12-9-7(17-11-15-5-6-16-11)1-2-8-10(9)14-4-3-13-8/h10,14,18H,4-9H2,1-3H3;1-4H,5-6H2,(H2,15,16,17)/t10-;/m0./s1. The van der Waals surface area contributed by atoms with Crippen molar-refractivity contribution in [3.8, 4) is 5.88 Å². The summed E-state index contributed by atoms with van der Waals surface area (Å²) < 4.78 is 20.3. The number of aliphatic hydroxyl groups is 1. The number of hydrogen-bond donors (Lipinski definition) is 4. The second-order valence-corrected chi connectivity index (χ2v) is 11.0. The number of rotatable bonds is 7. The summed E-state index contributed by atoms with van der Waals surface area (Å²) in [5, 5.41) is 19.6. The molecular weight excluding hydrogens is 574 g/mol. The average Bonchev–Trinajstić information content (AvgIpc) is 3.61. The largest absolute Gasteiger partial charge is 0.472 e. The van der Waals surface area contributed by atoms with Gasteiger partial charge in [0, 0.05) is 44.1 Å². The average molecular weight is 609 g/mol. The quantitative estimate of drug-likeness (QED) is 0.314. The second-order valence-electron chi connectivity index (χ2n) is 9.72. The molecule has 0 aliphatic carbocycles. The van der Waals surface area contributed by atoms with E-state index in [1.807, 2.05) is 12.1 Å². The van der Waals surface area contributed by atoms with Gasteiger partial charge in [-0.25, -0.2) is 0 Å². The van der Waals surface area contributed by atoms with Gasteiger partial charge in [-0.2, -0.15) is 4.37 Å². The molecule has 4 N–H and O–H groups in total. The van der Waals surface area contributed by atoms with Crippen molar-refractivity contribution < 1.29 is 14.6 Å². The van der Waals surface area contributed by atoms with E-state index in [9.17, 15) is 5.11 Å². The molecule has 3 aromatic rings. The molecule has 4 heterocycles. The molecule has 0 radical (unpaired) electrons. The predicted octanol–water partition coefficient (Wildman–Crippen LogP) is 2.27. The third-order valence-electron chi connectivity index (χ3n) is 5.54. The fourth-order valence-corrected chi connectivity index (χ4v) is 4.66. The summed E-state index contributed by atoms with van der Waals surface area (Å²) >= 11 is 4.67. The van der Waals surface area contributed by atoms with Gasteiger partial charge in [0.1, 0.15) is 18.2 Å². The number of β-amino-alcohol motifs (C(OH)–C–C–N with tert-alkyl or cyclic N) is 1. The first-order chi connectivity index (χ1) is 18.3. The lowest BCUT2D eigenvalue weighted by atomic mass is 10.1. The number of benzene rings is 1. The molecule has 1 aromatic carbocycles. The van der Waals surface area contributed by atoms with Crippen LogP contribution >= 0.6 is 27.7 Å². The third kappa shape index (κ3) is 8.17. The Morgan fingerprint density at radius 3 is 2.74 bits per heavy atom. The first-order valence-corrected chi connectivity index (χ1v) is 14.0. The van der Waals surface area contributed by atoms with Crippen LogP contribution in [0.15, 0.2) is 34.0 Å². The molecule has 206 valence electrons. The molecule has 2 aliphatic heterocycles. The number of ether oxygens (including phenoxy) is 2. The number of nitrogens with zero attached hydrogens (tertiary/aromatic N) is 6. The molecule has 1 atom stereocenters. The van der Waals surface area contributed by atoms with Crippen molar-refractivity contribution in [3.63, 3.8) is 0 Å². The zero-order valence-corrected chi connectivity index (χ0v) is 24.2. The molecule has 2 aromatic heterocycles. The maximum Gasteiger partial charge on any atom is 0.270 e. The van der Waals surface area contributed by atoms with E-state index >= 15 is 0 Å². The van der Waals surface area contributed by atoms with Gasteiger partial charge in [-0.05, 0) is 48.8 Å². The molecule has 0 amide bonds. The Bertz CT molecular complexity index is 1210. The molecule has 0 unspecified atom stereocenters. The summed E-state index contributed by atoms with van der Waals surface area (Å²) in [5.74, 6) is 2.05. The number of guanidine groups is 1. The number of morpholine rings is 1. The molecule has 0 bridgehead atoms. The van der Waals surface area contributed by atoms with Gasteiger partial charge in [-0.1, -0.05) is 0 Å². The molecule has 1 saturated heterocycles. The van der Waals surface area contributed by atoms with Gasteiger partial charge in [-0.3, -0.25) is 15.0 Å². The van der Waals surface area contributed by atoms with E-state index in [0.717, 1.165) is 70.9 Å². The van der Waals surface area contributed by atoms with Crippen LogP contribution in [-0.2, 0) is 4.74 Å². The highest BCUT2D eigenvalue weighted by atomic mass is 79.9. The van der Waals surface area contributed by atoms with E-state index in [-0.39, 0.29) is 12.1 Å². The molecule has 0 saturated carbocycles. The van der Waals surface area contributed by atoms with Gasteiger partial charge in [0.15, 0.2) is 5.96 Å². The third-order valence-corrected chi connectivity index (χ3v) is 6.84. The van der Waals surface area contributed by atoms with Crippen molar-refractivity contribution in [3.05, 3.63) is 29.0 Å². The number of aromatic nitrogens is 4. The summed E-state index contributed by atoms with van der Waals surface area (Å²) in [6.07, 6.45) is 2.79. The van der Waals surface area contributed by atoms with Crippen molar-refractivity contribution in [2.45, 2.75) is 32.4 Å². The minimum absolute atomic E-state index is 0.0257. The number of fused-ring (bicyclic) bond motifs is 1. The highest BCUT2D eigenvalue weighted by Crippen LogP contribution is 2.29. The van der Waals surface area contributed by atoms with Crippen molar-refractivity contribution in [2.24, 2.45) is 4.99 Å². The topological polar surface area (TPSA) is 142 Å². The SMILES string of the molecule is Brc1c(NC2=NCCN2)ccc2nccnc12.CC(C)(C)NC[C@H](O)COc1nsnc1N1CCOCC1. The van der Waals surface area contributed by atoms with Crippen molar-refractivity contribution in [1.29, 1.82) is 0 Å². The molecule has 14 heteroatoms. The summed E-state index contributed by atoms with van der Waals surface area (Å²) in [5.41, 5.74) is 2.62. The van der Waals surface area contributed by atoms with Crippen LogP contribution < -0.4 is 25.6 Å². The van der Waals surface area contributed by atoms with E-state index in [2.05, 4.69) is 81.3 Å². The van der Waals surface area contributed by atoms with E-state index in [1.54, 1.807) is 12.4 Å². The molecule has 1 fully saturated rings. The number of aliphatic hydroxyl groups excluding tert-OH is 1. The summed E-state index contributed by atoms with van der Waals surface area (Å²) in [4.78, 5) is 14.9. The lowest BCUT2D eigenvalue weighted by molar-refractivity contribution is 0.0975. The summed E-state index contributed by atoms with van der Waals surface area (Å²) in [7, 11) is 0. The van der Waals surface area contributed by atoms with Gasteiger partial charge >= 0.3 is 0 Å². The Labute approximate surface area is 234 Å². The van der Waals surface area contributed by atoms with Crippen LogP contribution in [0, 0.1) is 0 Å². The zero-order valence-electron chi connectivity index (χ0n) is 21.8. The Kier molecular flexibility index (Phi) is 10.0. The number of nitrogens with one attached hydrogen (secondary N) is 3. The normalized spacial score (nSPS) is 16.3. The second kappa shape index (κ2) is 13.4. The Morgan fingerprint density at radius 1 is 1.21 bits per heavy atom. The van der Waals surface area contributed by atoms with Crippen LogP contribution in [0.4, 0.5) is 11.5 Å². The van der Waals surface area contributed by atoms with Crippen molar-refractivity contribution in [1.82, 2.24) is 29.3 Å². The monoisotopic (exact) mass is 607 g/mol. The van der Waals surface area contributed by atoms with E-state index in [1.165, 1.54) is 0 Å². The highest BCUT2D eigenvalue weighted by Gasteiger charge is 2.21. The number of halogens is 1. The van der Waals surface area contributed by atoms with Gasteiger partial charge in [0.25, 0.3) is 5.88 Å². The van der Waals surface area contributed by atoms with Crippen molar-refractivity contribution in [2.75, 3.05) is 62.8 Å². The van der Waals surface area contributed by atoms with Crippen LogP contribution in [0.1, 0.15) is 20.8 Å². The molecule has 5 rings (SSSR count). The number of anilines is 2. The fraction of sp³-hybridized carbons (Fsp3) is 0.542. The number of aliphatic imine (C=N–C) groups is 1. The highest BCUT2D eigenvalue weighted by molar-refractivity contribution is 9.10. The Morgan fingerprint density at radius 2 is 2.00 bits per heavy atom. The number of hydrogen-bond acceptors (Lipinski definition) is 13. The van der Waals surface area contributed by atoms with Gasteiger partial charge in [0.2, 0.25) is 5.82 Å². The maximum absolute atomic E-state index is 9.95. The fourth-order valence-electron chi connectivity index (χ4n) is 3.60. The van der Waals surface area contributed by atoms with E-state index in [4.69, 9.17) is 9.47 Å². The van der Waals surface area contributed by atoms with Crippen molar-refractivity contribution >= 4 is 56.2 Å². The van der Waals surface area contributed by atoms with Gasteiger partial charge in [-0.15, -0.1) is 4.37 Å². The molecular formula is C24H34BrN9O3S. The smallest absolute Gasteiger partial charge is 0.270 e. The Balaban J connectivity index is 0.000000180. The first-order valence-electron chi connectivity index (χ1n) is 12.5. The molecule has 12 nitrogen and oxygen atoms in total. The Hall–Kier alpha value is -2.65. The zero-order chi connectivity index (χ0) is 27.0. The predicted molar refractivity (Wildman–Crippen MR) is 153 cm³/mol. The van der Waals surface area contributed by atoms with Crippen LogP contribution in [0.5, 0.6) is 5.88 Å². The van der Waals surface area contributed by atoms with Gasteiger partial charge in [0.05, 0.1) is 47.2 Å². The lowest BCUT2D eigenvalue weighted by Gasteiger charge is -2.27. The van der Waals surface area contributed by atoms with Gasteiger partial charge < -0.3 is 35.4 Å². The summed E-state index contributed by atoms with van der Waals surface area (Å²) in [6, 6.07) is 3.90. The van der Waals surface area contributed by atoms with Crippen LogP contribution in [0.2, 0.25) is 0 Å². The molecule has 0 spiro atoms. The minimum atomic E-state index is -0.580. The minimum Gasteiger partial charge on any atom is -0.472 e. The van der Waals surface area contributed by atoms with Crippen LogP contribution in [0.25, 0.3) is 11.0 Å². The van der Waals surface area contributed by atoms with Crippen LogP contribution in [-0.4, -0.2) is 94.0 Å². The van der Waals surface area contributed by atoms with Crippen LogP contribution in [0.3, 0.4) is 0 Å². The molecule has 2 aliphatic rings.